The Bertz CT molecular complexity index is 1280. The topological polar surface area (TPSA) is 113 Å². The molecule has 0 atom stereocenters. The van der Waals surface area contributed by atoms with Crippen LogP contribution in [0.3, 0.4) is 0 Å². The van der Waals surface area contributed by atoms with Crippen LogP contribution in [0.1, 0.15) is 37.6 Å². The van der Waals surface area contributed by atoms with Gasteiger partial charge >= 0.3 is 0 Å². The third kappa shape index (κ3) is 4.49. The molecule has 0 unspecified atom stereocenters. The number of nitro groups is 1. The fourth-order valence-corrected chi connectivity index (χ4v) is 5.05. The van der Waals surface area contributed by atoms with Crippen LogP contribution in [0, 0.1) is 10.1 Å². The molecule has 1 aliphatic carbocycles. The number of halogens is 1. The van der Waals surface area contributed by atoms with Gasteiger partial charge in [-0.1, -0.05) is 53.5 Å². The van der Waals surface area contributed by atoms with E-state index in [2.05, 4.69) is 24.9 Å². The van der Waals surface area contributed by atoms with Gasteiger partial charge in [-0.25, -0.2) is 0 Å². The molecule has 1 fully saturated rings. The second kappa shape index (κ2) is 9.32. The highest BCUT2D eigenvalue weighted by Gasteiger charge is 2.26. The first kappa shape index (κ1) is 21.6. The van der Waals surface area contributed by atoms with Crippen molar-refractivity contribution < 1.29 is 9.45 Å². The highest BCUT2D eigenvalue weighted by atomic mass is 35.5. The number of non-ortho nitro benzene ring substituents is 1. The van der Waals surface area contributed by atoms with Gasteiger partial charge in [0.2, 0.25) is 11.7 Å². The molecule has 2 aromatic heterocycles. The van der Waals surface area contributed by atoms with Crippen LogP contribution in [-0.4, -0.2) is 29.8 Å². The number of hydrogen-bond donors (Lipinski definition) is 0. The van der Waals surface area contributed by atoms with E-state index in [9.17, 15) is 10.1 Å². The molecule has 168 valence electrons. The van der Waals surface area contributed by atoms with Gasteiger partial charge in [0.05, 0.1) is 15.7 Å². The highest BCUT2D eigenvalue weighted by Crippen LogP contribution is 2.38. The zero-order valence-corrected chi connectivity index (χ0v) is 19.0. The molecule has 11 heteroatoms. The van der Waals surface area contributed by atoms with Crippen LogP contribution in [0.15, 0.2) is 58.2 Å². The van der Waals surface area contributed by atoms with E-state index in [1.807, 2.05) is 24.3 Å². The number of rotatable bonds is 7. The Hall–Kier alpha value is -3.24. The van der Waals surface area contributed by atoms with E-state index in [-0.39, 0.29) is 5.69 Å². The first-order chi connectivity index (χ1) is 16.1. The van der Waals surface area contributed by atoms with Crippen LogP contribution in [0.4, 0.5) is 5.69 Å². The molecule has 0 saturated heterocycles. The van der Waals surface area contributed by atoms with Crippen molar-refractivity contribution in [2.24, 2.45) is 0 Å². The summed E-state index contributed by atoms with van der Waals surface area (Å²) in [6.45, 7) is 0. The lowest BCUT2D eigenvalue weighted by Gasteiger charge is -2.17. The number of nitrogens with zero attached hydrogens (tertiary/aromatic N) is 6. The van der Waals surface area contributed by atoms with Crippen LogP contribution >= 0.6 is 23.4 Å². The lowest BCUT2D eigenvalue weighted by atomic mass is 10.2. The summed E-state index contributed by atoms with van der Waals surface area (Å²) in [5.41, 5.74) is 1.53. The molecule has 5 rings (SSSR count). The van der Waals surface area contributed by atoms with E-state index in [1.54, 1.807) is 12.1 Å². The van der Waals surface area contributed by atoms with Crippen LogP contribution in [0.2, 0.25) is 5.02 Å². The third-order valence-electron chi connectivity index (χ3n) is 5.60. The quantitative estimate of drug-likeness (QED) is 0.180. The van der Waals surface area contributed by atoms with Crippen molar-refractivity contribution in [2.75, 3.05) is 0 Å². The monoisotopic (exact) mass is 482 g/mol. The molecule has 1 saturated carbocycles. The molecule has 0 bridgehead atoms. The van der Waals surface area contributed by atoms with Crippen molar-refractivity contribution >= 4 is 29.1 Å². The fraction of sp³-hybridized carbons (Fsp3) is 0.273. The number of benzene rings is 2. The van der Waals surface area contributed by atoms with Crippen molar-refractivity contribution in [2.45, 2.75) is 42.6 Å². The van der Waals surface area contributed by atoms with Crippen LogP contribution in [-0.2, 0) is 5.75 Å². The molecule has 4 aromatic rings. The molecule has 0 radical (unpaired) electrons. The van der Waals surface area contributed by atoms with E-state index in [0.29, 0.717) is 34.1 Å². The van der Waals surface area contributed by atoms with E-state index >= 15 is 0 Å². The summed E-state index contributed by atoms with van der Waals surface area (Å²) in [7, 11) is 0. The predicted molar refractivity (Wildman–Crippen MR) is 124 cm³/mol. The Morgan fingerprint density at radius 1 is 1.12 bits per heavy atom. The predicted octanol–water partition coefficient (Wildman–Crippen LogP) is 5.96. The molecule has 0 N–H and O–H groups in total. The Morgan fingerprint density at radius 3 is 2.61 bits per heavy atom. The Labute approximate surface area is 198 Å². The Kier molecular flexibility index (Phi) is 6.10. The van der Waals surface area contributed by atoms with Gasteiger partial charge in [0.25, 0.3) is 5.69 Å². The van der Waals surface area contributed by atoms with Crippen molar-refractivity contribution in [3.63, 3.8) is 0 Å². The van der Waals surface area contributed by atoms with Gasteiger partial charge in [-0.15, -0.1) is 10.2 Å². The standard InChI is InChI=1S/C22H19ClN6O3S/c23-18-8-4-3-7-17(18)21-25-26-22(28(21)15-5-1-2-6-15)33-13-19-24-20(27-32-19)14-9-11-16(12-10-14)29(30)31/h3-4,7-12,15H,1-2,5-6,13H2. The van der Waals surface area contributed by atoms with Crippen LogP contribution < -0.4 is 0 Å². The average molecular weight is 483 g/mol. The van der Waals surface area contributed by atoms with Crippen molar-refractivity contribution in [3.8, 4) is 22.8 Å². The van der Waals surface area contributed by atoms with Crippen LogP contribution in [0.25, 0.3) is 22.8 Å². The summed E-state index contributed by atoms with van der Waals surface area (Å²) < 4.78 is 7.59. The molecule has 1 aliphatic rings. The third-order valence-corrected chi connectivity index (χ3v) is 6.86. The van der Waals surface area contributed by atoms with E-state index in [4.69, 9.17) is 16.1 Å². The Morgan fingerprint density at radius 2 is 1.88 bits per heavy atom. The van der Waals surface area contributed by atoms with Gasteiger partial charge in [0, 0.05) is 29.3 Å². The molecule has 2 heterocycles. The van der Waals surface area contributed by atoms with Gasteiger partial charge in [-0.3, -0.25) is 14.7 Å². The molecule has 0 spiro atoms. The van der Waals surface area contributed by atoms with Gasteiger partial charge in [0.1, 0.15) is 0 Å². The van der Waals surface area contributed by atoms with Crippen molar-refractivity contribution in [3.05, 3.63) is 69.6 Å². The molecular formula is C22H19ClN6O3S. The second-order valence-electron chi connectivity index (χ2n) is 7.70. The summed E-state index contributed by atoms with van der Waals surface area (Å²) in [6.07, 6.45) is 4.51. The number of aromatic nitrogens is 5. The van der Waals surface area contributed by atoms with Crippen molar-refractivity contribution in [1.29, 1.82) is 0 Å². The summed E-state index contributed by atoms with van der Waals surface area (Å²) in [6, 6.07) is 14.0. The molecule has 2 aromatic carbocycles. The zero-order valence-electron chi connectivity index (χ0n) is 17.4. The first-order valence-electron chi connectivity index (χ1n) is 10.5. The molecule has 0 aliphatic heterocycles. The second-order valence-corrected chi connectivity index (χ2v) is 9.05. The van der Waals surface area contributed by atoms with E-state index in [0.717, 1.165) is 29.4 Å². The molecule has 0 amide bonds. The number of nitro benzene ring substituents is 1. The normalized spacial score (nSPS) is 14.1. The van der Waals surface area contributed by atoms with Crippen molar-refractivity contribution in [1.82, 2.24) is 24.9 Å². The summed E-state index contributed by atoms with van der Waals surface area (Å²) >= 11 is 7.93. The fourth-order valence-electron chi connectivity index (χ4n) is 3.98. The molecular weight excluding hydrogens is 464 g/mol. The van der Waals surface area contributed by atoms with Gasteiger partial charge < -0.3 is 4.52 Å². The zero-order chi connectivity index (χ0) is 22.8. The minimum atomic E-state index is -0.445. The summed E-state index contributed by atoms with van der Waals surface area (Å²) in [5.74, 6) is 2.02. The van der Waals surface area contributed by atoms with Gasteiger partial charge in [-0.2, -0.15) is 4.98 Å². The number of hydrogen-bond acceptors (Lipinski definition) is 8. The maximum absolute atomic E-state index is 10.8. The molecule has 9 nitrogen and oxygen atoms in total. The maximum atomic E-state index is 10.8. The van der Waals surface area contributed by atoms with Gasteiger partial charge in [0.15, 0.2) is 11.0 Å². The molecule has 33 heavy (non-hydrogen) atoms. The van der Waals surface area contributed by atoms with E-state index in [1.165, 1.54) is 36.7 Å². The summed E-state index contributed by atoms with van der Waals surface area (Å²) in [4.78, 5) is 14.8. The minimum absolute atomic E-state index is 0.0126. The highest BCUT2D eigenvalue weighted by molar-refractivity contribution is 7.98. The summed E-state index contributed by atoms with van der Waals surface area (Å²) in [5, 5.41) is 25.2. The number of thioether (sulfide) groups is 1. The lowest BCUT2D eigenvalue weighted by molar-refractivity contribution is -0.384. The SMILES string of the molecule is O=[N+]([O-])c1ccc(-c2noc(CSc3nnc(-c4ccccc4Cl)n3C3CCCC3)n2)cc1. The average Bonchev–Trinajstić information content (AvgIpc) is 3.58. The minimum Gasteiger partial charge on any atom is -0.338 e. The Balaban J connectivity index is 1.37. The lowest BCUT2D eigenvalue weighted by Crippen LogP contribution is -2.08. The first-order valence-corrected chi connectivity index (χ1v) is 11.9. The van der Waals surface area contributed by atoms with Crippen LogP contribution in [0.5, 0.6) is 0 Å². The maximum Gasteiger partial charge on any atom is 0.269 e. The van der Waals surface area contributed by atoms with Gasteiger partial charge in [-0.05, 0) is 37.1 Å². The largest absolute Gasteiger partial charge is 0.338 e. The van der Waals surface area contributed by atoms with E-state index < -0.39 is 4.92 Å². The smallest absolute Gasteiger partial charge is 0.269 e.